The molecule has 186 valence electrons. The predicted octanol–water partition coefficient (Wildman–Crippen LogP) is 4.90. The maximum atomic E-state index is 14.9. The highest BCUT2D eigenvalue weighted by Gasteiger charge is 2.35. The van der Waals surface area contributed by atoms with Crippen molar-refractivity contribution in [1.82, 2.24) is 9.88 Å². The lowest BCUT2D eigenvalue weighted by Crippen LogP contribution is -2.37. The zero-order valence-corrected chi connectivity index (χ0v) is 20.2. The molecular weight excluding hydrogens is 529 g/mol. The van der Waals surface area contributed by atoms with Crippen LogP contribution in [0.25, 0.3) is 0 Å². The van der Waals surface area contributed by atoms with Gasteiger partial charge in [-0.25, -0.2) is 31.4 Å². The highest BCUT2D eigenvalue weighted by atomic mass is 35.5. The molecule has 3 aromatic rings. The Bertz CT molecular complexity index is 1370. The van der Waals surface area contributed by atoms with Crippen LogP contribution in [0.1, 0.15) is 17.5 Å². The van der Waals surface area contributed by atoms with Crippen molar-refractivity contribution in [2.24, 2.45) is 0 Å². The normalized spacial score (nSPS) is 13.9. The number of anilines is 2. The SMILES string of the molecule is O=C(O)N(c1cscn1)S(=O)(=O)c1cc(Cl)c(NCc2c(F)ccc(F)c2CN2CCC2)cc1F. The molecule has 0 radical (unpaired) electrons. The van der Waals surface area contributed by atoms with E-state index < -0.39 is 44.3 Å². The maximum absolute atomic E-state index is 14.9. The molecule has 14 heteroatoms. The summed E-state index contributed by atoms with van der Waals surface area (Å²) >= 11 is 7.11. The number of halogens is 4. The lowest BCUT2D eigenvalue weighted by Gasteiger charge is -2.31. The van der Waals surface area contributed by atoms with Gasteiger partial charge in [0.25, 0.3) is 10.0 Å². The summed E-state index contributed by atoms with van der Waals surface area (Å²) in [5.41, 5.74) is 1.33. The van der Waals surface area contributed by atoms with Crippen LogP contribution in [0.2, 0.25) is 5.02 Å². The second-order valence-electron chi connectivity index (χ2n) is 7.63. The number of nitrogens with one attached hydrogen (secondary N) is 1. The average Bonchev–Trinajstić information content (AvgIpc) is 3.27. The van der Waals surface area contributed by atoms with E-state index in [0.717, 1.165) is 55.1 Å². The minimum atomic E-state index is -4.91. The number of carboxylic acid groups (broad SMARTS) is 1. The third-order valence-electron chi connectivity index (χ3n) is 5.44. The molecule has 2 aromatic carbocycles. The molecule has 0 unspecified atom stereocenters. The van der Waals surface area contributed by atoms with E-state index in [0.29, 0.717) is 0 Å². The molecule has 35 heavy (non-hydrogen) atoms. The smallest absolute Gasteiger partial charge is 0.427 e. The number of sulfonamides is 1. The Morgan fingerprint density at radius 1 is 1.17 bits per heavy atom. The van der Waals surface area contributed by atoms with Crippen LogP contribution < -0.4 is 9.62 Å². The summed E-state index contributed by atoms with van der Waals surface area (Å²) in [5.74, 6) is -2.95. The van der Waals surface area contributed by atoms with Gasteiger partial charge in [0.15, 0.2) is 5.82 Å². The Hall–Kier alpha value is -2.87. The van der Waals surface area contributed by atoms with Crippen molar-refractivity contribution in [3.63, 3.8) is 0 Å². The van der Waals surface area contributed by atoms with Gasteiger partial charge in [0, 0.05) is 29.6 Å². The summed E-state index contributed by atoms with van der Waals surface area (Å²) in [4.78, 5) is 16.2. The molecule has 0 spiro atoms. The minimum Gasteiger partial charge on any atom is -0.464 e. The summed E-state index contributed by atoms with van der Waals surface area (Å²) < 4.78 is 69.6. The first-order chi connectivity index (χ1) is 16.6. The molecular formula is C21H18ClF3N4O4S2. The van der Waals surface area contributed by atoms with Gasteiger partial charge < -0.3 is 10.4 Å². The van der Waals surface area contributed by atoms with Gasteiger partial charge in [-0.05, 0) is 43.8 Å². The number of thiazole rings is 1. The number of nitrogens with zero attached hydrogens (tertiary/aromatic N) is 3. The van der Waals surface area contributed by atoms with Crippen LogP contribution in [0, 0.1) is 17.5 Å². The number of likely N-dealkylation sites (tertiary alicyclic amines) is 1. The lowest BCUT2D eigenvalue weighted by molar-refractivity contribution is 0.169. The van der Waals surface area contributed by atoms with Gasteiger partial charge in [0.1, 0.15) is 22.3 Å². The molecule has 0 saturated carbocycles. The van der Waals surface area contributed by atoms with Crippen molar-refractivity contribution < 1.29 is 31.5 Å². The number of hydrogen-bond acceptors (Lipinski definition) is 7. The van der Waals surface area contributed by atoms with E-state index in [1.807, 2.05) is 4.90 Å². The van der Waals surface area contributed by atoms with Gasteiger partial charge in [-0.1, -0.05) is 11.6 Å². The minimum absolute atomic E-state index is 0.0330. The van der Waals surface area contributed by atoms with Crippen LogP contribution in [0.3, 0.4) is 0 Å². The third kappa shape index (κ3) is 5.08. The van der Waals surface area contributed by atoms with Crippen LogP contribution >= 0.6 is 22.9 Å². The third-order valence-corrected chi connectivity index (χ3v) is 8.02. The van der Waals surface area contributed by atoms with E-state index >= 15 is 0 Å². The monoisotopic (exact) mass is 546 g/mol. The van der Waals surface area contributed by atoms with Crippen LogP contribution in [0.5, 0.6) is 0 Å². The standard InChI is InChI=1S/C21H18ClF3N4O4S2/c22-14-6-19(35(32,33)29(21(30)31)20-10-34-11-27-20)17(25)7-18(14)26-8-12-13(9-28-4-1-5-28)16(24)3-2-15(12)23/h2-3,6-7,10-11,26H,1,4-5,8-9H2,(H,30,31). The molecule has 1 amide bonds. The Labute approximate surface area is 207 Å². The quantitative estimate of drug-likeness (QED) is 0.414. The molecule has 1 aliphatic rings. The molecule has 0 bridgehead atoms. The molecule has 8 nitrogen and oxygen atoms in total. The van der Waals surface area contributed by atoms with Crippen molar-refractivity contribution >= 4 is 50.6 Å². The first-order valence-electron chi connectivity index (χ1n) is 10.2. The zero-order chi connectivity index (χ0) is 25.3. The maximum Gasteiger partial charge on any atom is 0.427 e. The van der Waals surface area contributed by atoms with E-state index in [1.165, 1.54) is 10.9 Å². The summed E-state index contributed by atoms with van der Waals surface area (Å²) in [6.45, 7) is 1.49. The van der Waals surface area contributed by atoms with Gasteiger partial charge in [0.2, 0.25) is 0 Å². The van der Waals surface area contributed by atoms with Crippen LogP contribution in [-0.4, -0.2) is 42.6 Å². The number of rotatable bonds is 8. The molecule has 1 fully saturated rings. The van der Waals surface area contributed by atoms with Gasteiger partial charge in [-0.2, -0.15) is 0 Å². The molecule has 0 aliphatic carbocycles. The summed E-state index contributed by atoms with van der Waals surface area (Å²) in [5, 5.41) is 13.0. The summed E-state index contributed by atoms with van der Waals surface area (Å²) in [6.07, 6.45) is -0.916. The van der Waals surface area contributed by atoms with Crippen LogP contribution in [-0.2, 0) is 23.1 Å². The molecule has 0 atom stereocenters. The first kappa shape index (κ1) is 25.2. The van der Waals surface area contributed by atoms with Crippen molar-refractivity contribution in [2.75, 3.05) is 22.7 Å². The molecule has 1 aromatic heterocycles. The average molecular weight is 547 g/mol. The number of aromatic nitrogens is 1. The number of amides is 1. The number of carbonyl (C=O) groups is 1. The van der Waals surface area contributed by atoms with E-state index in [1.54, 1.807) is 0 Å². The zero-order valence-electron chi connectivity index (χ0n) is 17.8. The topological polar surface area (TPSA) is 103 Å². The van der Waals surface area contributed by atoms with Gasteiger partial charge >= 0.3 is 6.09 Å². The van der Waals surface area contributed by atoms with Gasteiger partial charge in [-0.15, -0.1) is 15.6 Å². The number of hydrogen-bond donors (Lipinski definition) is 2. The van der Waals surface area contributed by atoms with E-state index in [4.69, 9.17) is 11.6 Å². The molecule has 1 aliphatic heterocycles. The largest absolute Gasteiger partial charge is 0.464 e. The predicted molar refractivity (Wildman–Crippen MR) is 125 cm³/mol. The first-order valence-corrected chi connectivity index (χ1v) is 12.9. The highest BCUT2D eigenvalue weighted by Crippen LogP contribution is 2.32. The van der Waals surface area contributed by atoms with Crippen molar-refractivity contribution in [3.8, 4) is 0 Å². The van der Waals surface area contributed by atoms with E-state index in [2.05, 4.69) is 10.3 Å². The Morgan fingerprint density at radius 2 is 1.86 bits per heavy atom. The van der Waals surface area contributed by atoms with Gasteiger partial charge in [0.05, 0.1) is 16.2 Å². The fourth-order valence-corrected chi connectivity index (χ4v) is 5.74. The number of benzene rings is 2. The fraction of sp³-hybridized carbons (Fsp3) is 0.238. The van der Waals surface area contributed by atoms with Crippen molar-refractivity contribution in [3.05, 3.63) is 68.8 Å². The van der Waals surface area contributed by atoms with Crippen LogP contribution in [0.4, 0.5) is 29.5 Å². The second kappa shape index (κ2) is 10.0. The Kier molecular flexibility index (Phi) is 7.22. The summed E-state index contributed by atoms with van der Waals surface area (Å²) in [6, 6.07) is 3.53. The molecule has 1 saturated heterocycles. The second-order valence-corrected chi connectivity index (χ2v) is 10.5. The Morgan fingerprint density at radius 3 is 2.43 bits per heavy atom. The van der Waals surface area contributed by atoms with Gasteiger partial charge in [-0.3, -0.25) is 4.90 Å². The molecule has 2 N–H and O–H groups in total. The fourth-order valence-electron chi connectivity index (χ4n) is 3.54. The van der Waals surface area contributed by atoms with E-state index in [9.17, 15) is 31.5 Å². The van der Waals surface area contributed by atoms with E-state index in [-0.39, 0.29) is 39.2 Å². The Balaban J connectivity index is 1.62. The van der Waals surface area contributed by atoms with Crippen molar-refractivity contribution in [2.45, 2.75) is 24.4 Å². The van der Waals surface area contributed by atoms with Crippen molar-refractivity contribution in [1.29, 1.82) is 0 Å². The molecule has 4 rings (SSSR count). The highest BCUT2D eigenvalue weighted by molar-refractivity contribution is 7.93. The summed E-state index contributed by atoms with van der Waals surface area (Å²) in [7, 11) is -4.91. The lowest BCUT2D eigenvalue weighted by atomic mass is 10.0. The molecule has 2 heterocycles. The van der Waals surface area contributed by atoms with Crippen LogP contribution in [0.15, 0.2) is 40.1 Å².